The van der Waals surface area contributed by atoms with E-state index in [4.69, 9.17) is 0 Å². The highest BCUT2D eigenvalue weighted by molar-refractivity contribution is 5.85. The summed E-state index contributed by atoms with van der Waals surface area (Å²) in [5, 5.41) is 3.30. The average molecular weight is 303 g/mol. The lowest BCUT2D eigenvalue weighted by Gasteiger charge is -2.32. The predicted molar refractivity (Wildman–Crippen MR) is 86.3 cm³/mol. The number of likely N-dealkylation sites (tertiary alicyclic amines) is 1. The van der Waals surface area contributed by atoms with Gasteiger partial charge in [-0.05, 0) is 38.6 Å². The molecule has 118 valence electrons. The first-order valence-electron chi connectivity index (χ1n) is 8.24. The van der Waals surface area contributed by atoms with E-state index in [-0.39, 0.29) is 12.4 Å². The second-order valence-electron chi connectivity index (χ2n) is 6.36. The van der Waals surface area contributed by atoms with Crippen LogP contribution >= 0.6 is 12.4 Å². The third kappa shape index (κ3) is 5.61. The molecule has 0 radical (unpaired) electrons. The average Bonchev–Trinajstić information content (AvgIpc) is 2.48. The van der Waals surface area contributed by atoms with E-state index in [9.17, 15) is 4.79 Å². The van der Waals surface area contributed by atoms with Crippen LogP contribution in [0.2, 0.25) is 0 Å². The maximum atomic E-state index is 12.2. The number of likely N-dealkylation sites (N-methyl/N-ethyl adjacent to an activating group) is 1. The zero-order valence-electron chi connectivity index (χ0n) is 12.9. The lowest BCUT2D eigenvalue weighted by Crippen LogP contribution is -2.46. The molecule has 1 heterocycles. The Balaban J connectivity index is 0.00000200. The lowest BCUT2D eigenvalue weighted by molar-refractivity contribution is -0.132. The van der Waals surface area contributed by atoms with Gasteiger partial charge in [0.05, 0.1) is 0 Å². The van der Waals surface area contributed by atoms with Gasteiger partial charge in [-0.15, -0.1) is 12.4 Å². The fourth-order valence-electron chi connectivity index (χ4n) is 3.62. The highest BCUT2D eigenvalue weighted by Crippen LogP contribution is 2.27. The molecule has 1 atom stereocenters. The topological polar surface area (TPSA) is 32.3 Å². The van der Waals surface area contributed by atoms with Crippen molar-refractivity contribution in [2.75, 3.05) is 20.1 Å². The Bertz CT molecular complexity index is 280. The number of halogens is 1. The molecule has 1 saturated heterocycles. The molecule has 4 heteroatoms. The molecule has 3 nitrogen and oxygen atoms in total. The van der Waals surface area contributed by atoms with Crippen LogP contribution in [-0.2, 0) is 4.79 Å². The summed E-state index contributed by atoms with van der Waals surface area (Å²) < 4.78 is 0. The van der Waals surface area contributed by atoms with Crippen molar-refractivity contribution in [1.29, 1.82) is 0 Å². The zero-order valence-corrected chi connectivity index (χ0v) is 13.7. The normalized spacial score (nSPS) is 24.2. The third-order valence-corrected chi connectivity index (χ3v) is 4.91. The molecule has 1 aliphatic carbocycles. The van der Waals surface area contributed by atoms with E-state index in [1.54, 1.807) is 0 Å². The van der Waals surface area contributed by atoms with Crippen LogP contribution in [0.1, 0.15) is 64.2 Å². The number of piperidine rings is 1. The fourth-order valence-corrected chi connectivity index (χ4v) is 3.62. The van der Waals surface area contributed by atoms with Crippen LogP contribution in [0.15, 0.2) is 0 Å². The summed E-state index contributed by atoms with van der Waals surface area (Å²) in [5.41, 5.74) is 0. The minimum atomic E-state index is 0. The largest absolute Gasteiger partial charge is 0.341 e. The van der Waals surface area contributed by atoms with E-state index < -0.39 is 0 Å². The second-order valence-corrected chi connectivity index (χ2v) is 6.36. The molecule has 0 aromatic carbocycles. The maximum absolute atomic E-state index is 12.2. The number of amides is 1. The molecule has 2 rings (SSSR count). The van der Waals surface area contributed by atoms with Crippen molar-refractivity contribution < 1.29 is 4.79 Å². The molecule has 0 bridgehead atoms. The number of nitrogens with zero attached hydrogens (tertiary/aromatic N) is 1. The van der Waals surface area contributed by atoms with E-state index in [1.165, 1.54) is 44.9 Å². The van der Waals surface area contributed by atoms with Gasteiger partial charge in [-0.25, -0.2) is 0 Å². The first kappa shape index (κ1) is 17.8. The minimum Gasteiger partial charge on any atom is -0.341 e. The van der Waals surface area contributed by atoms with Crippen molar-refractivity contribution in [2.24, 2.45) is 5.92 Å². The van der Waals surface area contributed by atoms with Crippen molar-refractivity contribution in [1.82, 2.24) is 10.2 Å². The summed E-state index contributed by atoms with van der Waals surface area (Å²) in [5.74, 6) is 1.30. The molecule has 0 aromatic heterocycles. The molecule has 2 aliphatic rings. The Morgan fingerprint density at radius 1 is 1.15 bits per heavy atom. The van der Waals surface area contributed by atoms with Crippen LogP contribution in [-0.4, -0.2) is 37.0 Å². The monoisotopic (exact) mass is 302 g/mol. The van der Waals surface area contributed by atoms with Gasteiger partial charge in [0.25, 0.3) is 0 Å². The summed E-state index contributed by atoms with van der Waals surface area (Å²) in [6.07, 6.45) is 12.6. The SMILES string of the molecule is CNC1CCCN(C(=O)CCCC2CCCCC2)C1.Cl. The number of rotatable bonds is 5. The molecule has 1 amide bonds. The number of hydrogen-bond donors (Lipinski definition) is 1. The first-order valence-corrected chi connectivity index (χ1v) is 8.24. The van der Waals surface area contributed by atoms with Crippen LogP contribution in [0, 0.1) is 5.92 Å². The van der Waals surface area contributed by atoms with Crippen LogP contribution in [0.4, 0.5) is 0 Å². The number of hydrogen-bond acceptors (Lipinski definition) is 2. The van der Waals surface area contributed by atoms with Crippen LogP contribution in [0.3, 0.4) is 0 Å². The van der Waals surface area contributed by atoms with Gasteiger partial charge in [0.1, 0.15) is 0 Å². The van der Waals surface area contributed by atoms with E-state index in [1.807, 2.05) is 7.05 Å². The maximum Gasteiger partial charge on any atom is 0.222 e. The summed E-state index contributed by atoms with van der Waals surface area (Å²) >= 11 is 0. The van der Waals surface area contributed by atoms with Crippen molar-refractivity contribution >= 4 is 18.3 Å². The van der Waals surface area contributed by atoms with Gasteiger partial charge in [-0.2, -0.15) is 0 Å². The molecule has 1 aliphatic heterocycles. The van der Waals surface area contributed by atoms with Gasteiger partial charge in [0, 0.05) is 25.6 Å². The molecule has 1 N–H and O–H groups in total. The number of carbonyl (C=O) groups is 1. The molecule has 0 spiro atoms. The highest BCUT2D eigenvalue weighted by Gasteiger charge is 2.22. The smallest absolute Gasteiger partial charge is 0.222 e. The van der Waals surface area contributed by atoms with E-state index >= 15 is 0 Å². The van der Waals surface area contributed by atoms with E-state index in [0.29, 0.717) is 11.9 Å². The Labute approximate surface area is 130 Å². The summed E-state index contributed by atoms with van der Waals surface area (Å²) in [4.78, 5) is 14.3. The molecule has 1 unspecified atom stereocenters. The Morgan fingerprint density at radius 3 is 2.60 bits per heavy atom. The lowest BCUT2D eigenvalue weighted by atomic mass is 9.86. The van der Waals surface area contributed by atoms with Gasteiger partial charge in [-0.3, -0.25) is 4.79 Å². The summed E-state index contributed by atoms with van der Waals surface area (Å²) in [6, 6.07) is 0.510. The Kier molecular flexibility index (Phi) is 8.55. The zero-order chi connectivity index (χ0) is 13.5. The molecule has 1 saturated carbocycles. The molecule has 2 fully saturated rings. The van der Waals surface area contributed by atoms with Gasteiger partial charge < -0.3 is 10.2 Å². The summed E-state index contributed by atoms with van der Waals surface area (Å²) in [6.45, 7) is 1.89. The Hall–Kier alpha value is -0.280. The number of nitrogens with one attached hydrogen (secondary N) is 1. The van der Waals surface area contributed by atoms with Crippen LogP contribution in [0.5, 0.6) is 0 Å². The van der Waals surface area contributed by atoms with Crippen molar-refractivity contribution in [3.05, 3.63) is 0 Å². The van der Waals surface area contributed by atoms with E-state index in [2.05, 4.69) is 10.2 Å². The standard InChI is InChI=1S/C16H30N2O.ClH/c1-17-15-10-6-12-18(13-15)16(19)11-5-9-14-7-3-2-4-8-14;/h14-15,17H,2-13H2,1H3;1H. The molecule has 20 heavy (non-hydrogen) atoms. The summed E-state index contributed by atoms with van der Waals surface area (Å²) in [7, 11) is 2.00. The highest BCUT2D eigenvalue weighted by atomic mass is 35.5. The molecular weight excluding hydrogens is 272 g/mol. The van der Waals surface area contributed by atoms with Crippen LogP contribution < -0.4 is 5.32 Å². The van der Waals surface area contributed by atoms with Crippen LogP contribution in [0.25, 0.3) is 0 Å². The Morgan fingerprint density at radius 2 is 1.90 bits per heavy atom. The van der Waals surface area contributed by atoms with E-state index in [0.717, 1.165) is 38.3 Å². The van der Waals surface area contributed by atoms with Crippen molar-refractivity contribution in [3.8, 4) is 0 Å². The fraction of sp³-hybridized carbons (Fsp3) is 0.938. The van der Waals surface area contributed by atoms with Gasteiger partial charge in [0.15, 0.2) is 0 Å². The van der Waals surface area contributed by atoms with Gasteiger partial charge in [-0.1, -0.05) is 32.1 Å². The van der Waals surface area contributed by atoms with Gasteiger partial charge in [0.2, 0.25) is 5.91 Å². The molecule has 0 aromatic rings. The molecular formula is C16H31ClN2O. The predicted octanol–water partition coefficient (Wildman–Crippen LogP) is 3.37. The number of carbonyl (C=O) groups excluding carboxylic acids is 1. The quantitative estimate of drug-likeness (QED) is 0.844. The van der Waals surface area contributed by atoms with Crippen molar-refractivity contribution in [2.45, 2.75) is 70.3 Å². The third-order valence-electron chi connectivity index (χ3n) is 4.91. The first-order chi connectivity index (χ1) is 9.29. The van der Waals surface area contributed by atoms with Crippen molar-refractivity contribution in [3.63, 3.8) is 0 Å². The minimum absolute atomic E-state index is 0. The van der Waals surface area contributed by atoms with Gasteiger partial charge >= 0.3 is 0 Å². The second kappa shape index (κ2) is 9.62.